The molecule has 0 aromatic carbocycles. The van der Waals surface area contributed by atoms with Crippen LogP contribution in [0.4, 0.5) is 0 Å². The highest BCUT2D eigenvalue weighted by Gasteiger charge is 2.41. The van der Waals surface area contributed by atoms with Crippen LogP contribution in [0.25, 0.3) is 0 Å². The Balaban J connectivity index is 1.46. The molecule has 0 radical (unpaired) electrons. The van der Waals surface area contributed by atoms with Gasteiger partial charge in [-0.25, -0.2) is 0 Å². The number of likely N-dealkylation sites (tertiary alicyclic amines) is 1. The molecule has 5 heteroatoms. The summed E-state index contributed by atoms with van der Waals surface area (Å²) in [5.41, 5.74) is 3.10. The van der Waals surface area contributed by atoms with Crippen molar-refractivity contribution >= 4 is 5.91 Å². The van der Waals surface area contributed by atoms with Crippen molar-refractivity contribution in [3.63, 3.8) is 0 Å². The summed E-state index contributed by atoms with van der Waals surface area (Å²) in [6.07, 6.45) is 10.3. The number of hydrogen-bond acceptors (Lipinski definition) is 3. The van der Waals surface area contributed by atoms with Gasteiger partial charge in [0, 0.05) is 38.2 Å². The summed E-state index contributed by atoms with van der Waals surface area (Å²) >= 11 is 0. The van der Waals surface area contributed by atoms with E-state index in [1.165, 1.54) is 30.5 Å². The Bertz CT molecular complexity index is 751. The van der Waals surface area contributed by atoms with Gasteiger partial charge in [-0.1, -0.05) is 12.5 Å². The van der Waals surface area contributed by atoms with Crippen molar-refractivity contribution in [1.82, 2.24) is 19.7 Å². The Morgan fingerprint density at radius 3 is 2.84 bits per heavy atom. The van der Waals surface area contributed by atoms with E-state index in [0.29, 0.717) is 23.3 Å². The Labute approximate surface area is 149 Å². The maximum atomic E-state index is 12.8. The summed E-state index contributed by atoms with van der Waals surface area (Å²) in [7, 11) is 1.85. The van der Waals surface area contributed by atoms with Crippen molar-refractivity contribution in [2.24, 2.45) is 24.8 Å². The molecule has 4 rings (SSSR count). The van der Waals surface area contributed by atoms with Gasteiger partial charge in [-0.3, -0.25) is 14.5 Å². The molecule has 1 saturated carbocycles. The van der Waals surface area contributed by atoms with Gasteiger partial charge in [-0.05, 0) is 55.6 Å². The van der Waals surface area contributed by atoms with E-state index < -0.39 is 0 Å². The maximum absolute atomic E-state index is 12.8. The van der Waals surface area contributed by atoms with Crippen molar-refractivity contribution in [2.75, 3.05) is 13.1 Å². The molecule has 5 nitrogen and oxygen atoms in total. The van der Waals surface area contributed by atoms with E-state index in [4.69, 9.17) is 0 Å². The van der Waals surface area contributed by atoms with Crippen LogP contribution in [0, 0.1) is 24.7 Å². The first kappa shape index (κ1) is 16.3. The van der Waals surface area contributed by atoms with Crippen LogP contribution in [-0.2, 0) is 13.5 Å². The lowest BCUT2D eigenvalue weighted by Crippen LogP contribution is -2.30. The first-order chi connectivity index (χ1) is 12.1. The summed E-state index contributed by atoms with van der Waals surface area (Å²) in [6, 6.07) is 4.31. The van der Waals surface area contributed by atoms with E-state index in [1.54, 1.807) is 10.9 Å². The average Bonchev–Trinajstić information content (AvgIpc) is 3.23. The third kappa shape index (κ3) is 3.32. The second kappa shape index (κ2) is 6.62. The number of nitrogens with zero attached hydrogens (tertiary/aromatic N) is 4. The lowest BCUT2D eigenvalue weighted by molar-refractivity contribution is 0.0781. The van der Waals surface area contributed by atoms with E-state index >= 15 is 0 Å². The first-order valence-electron chi connectivity index (χ1n) is 9.29. The molecule has 2 aliphatic rings. The molecule has 1 saturated heterocycles. The van der Waals surface area contributed by atoms with Gasteiger partial charge in [0.05, 0.1) is 11.8 Å². The molecule has 3 heterocycles. The number of rotatable bonds is 3. The zero-order valence-corrected chi connectivity index (χ0v) is 15.1. The summed E-state index contributed by atoms with van der Waals surface area (Å²) < 4.78 is 1.70. The van der Waals surface area contributed by atoms with Crippen LogP contribution in [0.2, 0.25) is 0 Å². The van der Waals surface area contributed by atoms with E-state index in [9.17, 15) is 4.79 Å². The predicted molar refractivity (Wildman–Crippen MR) is 96.1 cm³/mol. The molecule has 3 atom stereocenters. The minimum Gasteiger partial charge on any atom is -0.338 e. The lowest BCUT2D eigenvalue weighted by atomic mass is 9.72. The Hall–Kier alpha value is -2.17. The Kier molecular flexibility index (Phi) is 4.32. The minimum atomic E-state index is 0.134. The summed E-state index contributed by atoms with van der Waals surface area (Å²) in [4.78, 5) is 19.4. The summed E-state index contributed by atoms with van der Waals surface area (Å²) in [5.74, 6) is 2.03. The molecule has 2 fully saturated rings. The second-order valence-corrected chi connectivity index (χ2v) is 7.76. The number of fused-ring (bicyclic) bond motifs is 1. The maximum Gasteiger partial charge on any atom is 0.257 e. The van der Waals surface area contributed by atoms with Crippen LogP contribution in [0.3, 0.4) is 0 Å². The molecular weight excluding hydrogens is 312 g/mol. The SMILES string of the molecule is Cc1ccc(C[C@H]2CCC[C@@H]3CN(C(=O)c4cnn(C)c4)C[C@H]23)nc1. The second-order valence-electron chi connectivity index (χ2n) is 7.76. The molecule has 0 bridgehead atoms. The molecule has 0 unspecified atom stereocenters. The number of pyridine rings is 1. The molecule has 1 aliphatic heterocycles. The Morgan fingerprint density at radius 1 is 1.24 bits per heavy atom. The minimum absolute atomic E-state index is 0.134. The highest BCUT2D eigenvalue weighted by molar-refractivity contribution is 5.93. The monoisotopic (exact) mass is 338 g/mol. The number of amides is 1. The zero-order valence-electron chi connectivity index (χ0n) is 15.1. The number of hydrogen-bond donors (Lipinski definition) is 0. The molecule has 2 aromatic heterocycles. The van der Waals surface area contributed by atoms with Gasteiger partial charge >= 0.3 is 0 Å². The number of aryl methyl sites for hydroxylation is 2. The number of carbonyl (C=O) groups is 1. The van der Waals surface area contributed by atoms with Crippen molar-refractivity contribution in [3.8, 4) is 0 Å². The van der Waals surface area contributed by atoms with E-state index in [2.05, 4.69) is 29.1 Å². The molecule has 132 valence electrons. The third-order valence-corrected chi connectivity index (χ3v) is 5.93. The van der Waals surface area contributed by atoms with Gasteiger partial charge in [-0.2, -0.15) is 5.10 Å². The summed E-state index contributed by atoms with van der Waals surface area (Å²) in [5, 5.41) is 4.14. The number of carbonyl (C=O) groups excluding carboxylic acids is 1. The third-order valence-electron chi connectivity index (χ3n) is 5.93. The topological polar surface area (TPSA) is 51.0 Å². The molecule has 25 heavy (non-hydrogen) atoms. The van der Waals surface area contributed by atoms with Gasteiger partial charge in [0.25, 0.3) is 5.91 Å². The molecule has 0 N–H and O–H groups in total. The van der Waals surface area contributed by atoms with Gasteiger partial charge in [0.15, 0.2) is 0 Å². The van der Waals surface area contributed by atoms with Gasteiger partial charge < -0.3 is 4.90 Å². The number of aromatic nitrogens is 3. The van der Waals surface area contributed by atoms with Crippen molar-refractivity contribution < 1.29 is 4.79 Å². The van der Waals surface area contributed by atoms with E-state index in [0.717, 1.165) is 19.5 Å². The van der Waals surface area contributed by atoms with Crippen LogP contribution in [-0.4, -0.2) is 38.7 Å². The lowest BCUT2D eigenvalue weighted by Gasteiger charge is -2.32. The van der Waals surface area contributed by atoms with Crippen LogP contribution < -0.4 is 0 Å². The summed E-state index contributed by atoms with van der Waals surface area (Å²) in [6.45, 7) is 3.86. The smallest absolute Gasteiger partial charge is 0.257 e. The molecule has 1 amide bonds. The normalized spacial score (nSPS) is 25.8. The largest absolute Gasteiger partial charge is 0.338 e. The molecule has 2 aromatic rings. The highest BCUT2D eigenvalue weighted by Crippen LogP contribution is 2.41. The van der Waals surface area contributed by atoms with Crippen LogP contribution in [0.15, 0.2) is 30.7 Å². The highest BCUT2D eigenvalue weighted by atomic mass is 16.2. The quantitative estimate of drug-likeness (QED) is 0.865. The Morgan fingerprint density at radius 2 is 2.12 bits per heavy atom. The molecule has 1 aliphatic carbocycles. The van der Waals surface area contributed by atoms with Gasteiger partial charge in [-0.15, -0.1) is 0 Å². The van der Waals surface area contributed by atoms with Crippen LogP contribution >= 0.6 is 0 Å². The zero-order chi connectivity index (χ0) is 17.4. The standard InChI is InChI=1S/C20H26N4O/c1-14-6-7-18(21-9-14)8-15-4-3-5-16-12-24(13-19(15)16)20(25)17-10-22-23(2)11-17/h6-7,9-11,15-16,19H,3-5,8,12-13H2,1-2H3/t15-,16-,19-/m1/s1. The molecular formula is C20H26N4O. The fourth-order valence-corrected chi connectivity index (χ4v) is 4.61. The van der Waals surface area contributed by atoms with Crippen molar-refractivity contribution in [1.29, 1.82) is 0 Å². The van der Waals surface area contributed by atoms with Crippen molar-refractivity contribution in [2.45, 2.75) is 32.6 Å². The molecule has 0 spiro atoms. The van der Waals surface area contributed by atoms with E-state index in [-0.39, 0.29) is 5.91 Å². The van der Waals surface area contributed by atoms with E-state index in [1.807, 2.05) is 24.3 Å². The van der Waals surface area contributed by atoms with Gasteiger partial charge in [0.1, 0.15) is 0 Å². The van der Waals surface area contributed by atoms with Gasteiger partial charge in [0.2, 0.25) is 0 Å². The predicted octanol–water partition coefficient (Wildman–Crippen LogP) is 2.85. The first-order valence-corrected chi connectivity index (χ1v) is 9.29. The van der Waals surface area contributed by atoms with Crippen LogP contribution in [0.5, 0.6) is 0 Å². The fourth-order valence-electron chi connectivity index (χ4n) is 4.61. The van der Waals surface area contributed by atoms with Crippen LogP contribution in [0.1, 0.15) is 40.9 Å². The van der Waals surface area contributed by atoms with Crippen molar-refractivity contribution in [3.05, 3.63) is 47.5 Å². The average molecular weight is 338 g/mol. The fraction of sp³-hybridized carbons (Fsp3) is 0.550.